The fraction of sp³-hybridized carbons (Fsp3) is 0.278. The first-order chi connectivity index (χ1) is 11.4. The number of carboxylic acid groups (broad SMARTS) is 1. The third kappa shape index (κ3) is 4.29. The molecule has 0 aliphatic heterocycles. The average Bonchev–Trinajstić information content (AvgIpc) is 2.83. The van der Waals surface area contributed by atoms with Gasteiger partial charge in [-0.25, -0.2) is 0 Å². The Bertz CT molecular complexity index is 881. The number of carboxylic acids is 1. The summed E-state index contributed by atoms with van der Waals surface area (Å²) in [7, 11) is -0.0467. The first-order valence-corrected chi connectivity index (χ1v) is 8.88. The summed E-state index contributed by atoms with van der Waals surface area (Å²) in [5.41, 5.74) is 1.09. The highest BCUT2D eigenvalue weighted by Crippen LogP contribution is 2.37. The Labute approximate surface area is 142 Å². The largest absolute Gasteiger partial charge is 0.550 e. The number of hydrogen-bond donors (Lipinski definition) is 0. The maximum atomic E-state index is 10.9. The van der Waals surface area contributed by atoms with Crippen LogP contribution in [0.15, 0.2) is 36.4 Å². The van der Waals surface area contributed by atoms with E-state index in [-0.39, 0.29) is 16.4 Å². The number of rotatable bonds is 3. The summed E-state index contributed by atoms with van der Waals surface area (Å²) in [4.78, 5) is 24.5. The minimum absolute atomic E-state index is 0.0467. The molecule has 0 aliphatic carbocycles. The molecule has 0 bridgehead atoms. The van der Waals surface area contributed by atoms with Crippen molar-refractivity contribution in [2.24, 2.45) is 0 Å². The van der Waals surface area contributed by atoms with Crippen molar-refractivity contribution in [2.75, 3.05) is 6.61 Å². The van der Waals surface area contributed by atoms with Crippen molar-refractivity contribution in [3.05, 3.63) is 41.4 Å². The molecule has 2 aromatic carbocycles. The summed E-state index contributed by atoms with van der Waals surface area (Å²) in [6, 6.07) is 12.6. The van der Waals surface area contributed by atoms with Crippen LogP contribution in [-0.4, -0.2) is 23.5 Å². The number of benzene rings is 2. The molecule has 1 aromatic heterocycles. The van der Waals surface area contributed by atoms with Crippen molar-refractivity contribution in [3.63, 3.8) is 0 Å². The highest BCUT2D eigenvalue weighted by atomic mass is 32.2. The van der Waals surface area contributed by atoms with Gasteiger partial charge in [-0.05, 0) is 18.4 Å². The van der Waals surface area contributed by atoms with Gasteiger partial charge in [-0.1, -0.05) is 24.3 Å². The number of hydrogen-bond acceptors (Lipinski definition) is 5. The van der Waals surface area contributed by atoms with Gasteiger partial charge in [0, 0.05) is 41.7 Å². The molecule has 0 saturated heterocycles. The van der Waals surface area contributed by atoms with Gasteiger partial charge in [0.1, 0.15) is 12.1 Å². The van der Waals surface area contributed by atoms with Gasteiger partial charge in [-0.15, -0.1) is 0 Å². The summed E-state index contributed by atoms with van der Waals surface area (Å²) in [6.45, 7) is 4.93. The molecule has 0 amide bonds. The topological polar surface area (TPSA) is 79.3 Å². The molecule has 0 saturated carbocycles. The Hall–Kier alpha value is -2.47. The average molecular weight is 345 g/mol. The van der Waals surface area contributed by atoms with Gasteiger partial charge in [0.05, 0.1) is 0 Å². The lowest BCUT2D eigenvalue weighted by molar-refractivity contribution is -0.302. The Morgan fingerprint density at radius 3 is 2.50 bits per heavy atom. The summed E-state index contributed by atoms with van der Waals surface area (Å²) in [5.74, 6) is -0.485. The van der Waals surface area contributed by atoms with E-state index in [9.17, 15) is 4.79 Å². The zero-order valence-electron chi connectivity index (χ0n) is 13.9. The van der Waals surface area contributed by atoms with E-state index < -0.39 is 5.97 Å². The van der Waals surface area contributed by atoms with Gasteiger partial charge < -0.3 is 14.6 Å². The van der Waals surface area contributed by atoms with E-state index in [1.807, 2.05) is 12.1 Å². The van der Waals surface area contributed by atoms with Crippen molar-refractivity contribution in [2.45, 2.75) is 26.5 Å². The van der Waals surface area contributed by atoms with Crippen LogP contribution in [0, 0.1) is 6.92 Å². The zero-order valence-corrected chi connectivity index (χ0v) is 14.7. The van der Waals surface area contributed by atoms with Gasteiger partial charge in [-0.3, -0.25) is 4.79 Å². The Morgan fingerprint density at radius 2 is 1.83 bits per heavy atom. The van der Waals surface area contributed by atoms with E-state index in [0.29, 0.717) is 6.61 Å². The lowest BCUT2D eigenvalue weighted by atomic mass is 10.1. The van der Waals surface area contributed by atoms with Gasteiger partial charge in [0.25, 0.3) is 0 Å². The van der Waals surface area contributed by atoms with Gasteiger partial charge in [0.15, 0.2) is 5.75 Å². The lowest BCUT2D eigenvalue weighted by Crippen LogP contribution is -2.16. The van der Waals surface area contributed by atoms with Crippen LogP contribution in [0.1, 0.15) is 18.9 Å². The number of fused-ring (bicyclic) bond motifs is 3. The number of ether oxygens (including phenoxy) is 1. The fourth-order valence-corrected chi connectivity index (χ4v) is 4.35. The summed E-state index contributed by atoms with van der Waals surface area (Å²) in [5, 5.41) is 12.4. The maximum Gasteiger partial charge on any atom is 0.302 e. The number of thiazole rings is 1. The van der Waals surface area contributed by atoms with Crippen LogP contribution in [0.5, 0.6) is 0 Å². The number of aliphatic carboxylic acids is 1. The van der Waals surface area contributed by atoms with Crippen LogP contribution in [0.3, 0.4) is 0 Å². The smallest absolute Gasteiger partial charge is 0.302 e. The Morgan fingerprint density at radius 1 is 1.17 bits per heavy atom. The zero-order chi connectivity index (χ0) is 17.7. The number of carbonyl (C=O) groups excluding carboxylic acids is 2. The molecule has 24 heavy (non-hydrogen) atoms. The Balaban J connectivity index is 0.000000471. The standard InChI is InChI=1S/C16H16NO2S.C2H4O2/c1-11-17-16-14-6-4-3-5-13(14)7-8-15(16)20(11)10-9-19-12(2)18;1-2(3)4/h3-8H,9-10H2,1-2H3;1H3,(H,3,4)/q+1;/p-1. The second-order valence-corrected chi connectivity index (χ2v) is 7.41. The number of aromatic nitrogens is 1. The van der Waals surface area contributed by atoms with E-state index >= 15 is 0 Å². The summed E-state index contributed by atoms with van der Waals surface area (Å²) >= 11 is 0. The van der Waals surface area contributed by atoms with E-state index in [0.717, 1.165) is 23.2 Å². The molecule has 5 nitrogen and oxygen atoms in total. The third-order valence-electron chi connectivity index (χ3n) is 3.35. The van der Waals surface area contributed by atoms with Crippen molar-refractivity contribution >= 4 is 43.4 Å². The molecule has 0 spiro atoms. The monoisotopic (exact) mass is 345 g/mol. The molecule has 3 rings (SSSR count). The van der Waals surface area contributed by atoms with E-state index in [4.69, 9.17) is 19.6 Å². The SMILES string of the molecule is CC(=O)OCC[s+]1c(C)nc2c3ccccc3ccc21.CC(=O)[O-]. The maximum absolute atomic E-state index is 10.9. The van der Waals surface area contributed by atoms with Crippen molar-refractivity contribution in [3.8, 4) is 0 Å². The number of carbonyl (C=O) groups is 2. The molecular formula is C18H19NO4S. The quantitative estimate of drug-likeness (QED) is 0.539. The van der Waals surface area contributed by atoms with Crippen molar-refractivity contribution in [1.82, 2.24) is 4.98 Å². The molecule has 6 heteroatoms. The molecule has 1 unspecified atom stereocenters. The second-order valence-electron chi connectivity index (χ2n) is 5.19. The number of esters is 1. The van der Waals surface area contributed by atoms with Crippen LogP contribution in [0.25, 0.3) is 21.0 Å². The number of nitrogens with zero attached hydrogens (tertiary/aromatic N) is 1. The minimum atomic E-state index is -1.08. The highest BCUT2D eigenvalue weighted by Gasteiger charge is 2.21. The van der Waals surface area contributed by atoms with E-state index in [1.54, 1.807) is 0 Å². The molecule has 0 radical (unpaired) electrons. The highest BCUT2D eigenvalue weighted by molar-refractivity contribution is 7.36. The molecule has 0 aliphatic rings. The fourth-order valence-electron chi connectivity index (χ4n) is 2.45. The third-order valence-corrected chi connectivity index (χ3v) is 5.59. The predicted molar refractivity (Wildman–Crippen MR) is 93.8 cm³/mol. The van der Waals surface area contributed by atoms with Crippen molar-refractivity contribution < 1.29 is 19.4 Å². The van der Waals surface area contributed by atoms with Crippen LogP contribution in [-0.2, 0) is 20.1 Å². The van der Waals surface area contributed by atoms with E-state index in [1.165, 1.54) is 22.4 Å². The Kier molecular flexibility index (Phi) is 5.87. The van der Waals surface area contributed by atoms with Gasteiger partial charge in [-0.2, -0.15) is 4.98 Å². The number of aryl methyl sites for hydroxylation is 1. The summed E-state index contributed by atoms with van der Waals surface area (Å²) < 4.78 is 6.34. The molecular weight excluding hydrogens is 326 g/mol. The normalized spacial score (nSPS) is 11.0. The van der Waals surface area contributed by atoms with Crippen LogP contribution in [0.2, 0.25) is 0 Å². The second kappa shape index (κ2) is 7.88. The van der Waals surface area contributed by atoms with Gasteiger partial charge in [0.2, 0.25) is 9.71 Å². The molecule has 126 valence electrons. The van der Waals surface area contributed by atoms with Crippen LogP contribution < -0.4 is 5.11 Å². The molecule has 3 aromatic rings. The van der Waals surface area contributed by atoms with Crippen LogP contribution >= 0.6 is 10.5 Å². The van der Waals surface area contributed by atoms with E-state index in [2.05, 4.69) is 31.2 Å². The first-order valence-electron chi connectivity index (χ1n) is 7.49. The van der Waals surface area contributed by atoms with Crippen LogP contribution in [0.4, 0.5) is 0 Å². The van der Waals surface area contributed by atoms with Crippen molar-refractivity contribution in [1.29, 1.82) is 0 Å². The minimum Gasteiger partial charge on any atom is -0.550 e. The molecule has 1 heterocycles. The lowest BCUT2D eigenvalue weighted by Gasteiger charge is -1.97. The molecule has 0 fully saturated rings. The molecule has 0 N–H and O–H groups in total. The molecule has 1 atom stereocenters. The summed E-state index contributed by atoms with van der Waals surface area (Å²) in [6.07, 6.45) is 0. The van der Waals surface area contributed by atoms with Gasteiger partial charge >= 0.3 is 5.97 Å². The first kappa shape index (κ1) is 17.9. The predicted octanol–water partition coefficient (Wildman–Crippen LogP) is 2.76.